The molecule has 0 aromatic heterocycles. The highest BCUT2D eigenvalue weighted by atomic mass is 15.1. The Balaban J connectivity index is 2.04. The first-order valence-electron chi connectivity index (χ1n) is 8.15. The van der Waals surface area contributed by atoms with E-state index in [0.717, 1.165) is 24.9 Å². The standard InChI is InChI=1S/C18H30N2/c1-5-8-19-11-17-6-7-18(10-16(17)4)20-12-14(2)9-15(3)13-20/h6-7,10,14-15,19H,5,8-9,11-13H2,1-4H3. The minimum Gasteiger partial charge on any atom is -0.371 e. The summed E-state index contributed by atoms with van der Waals surface area (Å²) >= 11 is 0. The number of hydrogen-bond acceptors (Lipinski definition) is 2. The lowest BCUT2D eigenvalue weighted by molar-refractivity contribution is 0.357. The van der Waals surface area contributed by atoms with Crippen molar-refractivity contribution in [3.05, 3.63) is 29.3 Å². The van der Waals surface area contributed by atoms with E-state index in [1.54, 1.807) is 0 Å². The summed E-state index contributed by atoms with van der Waals surface area (Å²) in [5, 5.41) is 3.49. The molecular formula is C18H30N2. The van der Waals surface area contributed by atoms with Crippen molar-refractivity contribution in [2.75, 3.05) is 24.5 Å². The molecule has 2 unspecified atom stereocenters. The summed E-state index contributed by atoms with van der Waals surface area (Å²) in [7, 11) is 0. The van der Waals surface area contributed by atoms with Crippen LogP contribution in [0, 0.1) is 18.8 Å². The van der Waals surface area contributed by atoms with E-state index in [1.165, 1.54) is 42.7 Å². The summed E-state index contributed by atoms with van der Waals surface area (Å²) in [6.07, 6.45) is 2.56. The molecule has 0 radical (unpaired) electrons. The first-order chi connectivity index (χ1) is 9.60. The molecule has 20 heavy (non-hydrogen) atoms. The monoisotopic (exact) mass is 274 g/mol. The molecule has 1 heterocycles. The van der Waals surface area contributed by atoms with E-state index >= 15 is 0 Å². The van der Waals surface area contributed by atoms with Crippen molar-refractivity contribution in [1.29, 1.82) is 0 Å². The second kappa shape index (κ2) is 7.12. The second-order valence-electron chi connectivity index (χ2n) is 6.64. The van der Waals surface area contributed by atoms with E-state index in [0.29, 0.717) is 0 Å². The summed E-state index contributed by atoms with van der Waals surface area (Å²) in [5.74, 6) is 1.62. The van der Waals surface area contributed by atoms with E-state index in [1.807, 2.05) is 0 Å². The molecule has 1 aromatic rings. The van der Waals surface area contributed by atoms with Crippen molar-refractivity contribution in [3.63, 3.8) is 0 Å². The van der Waals surface area contributed by atoms with Crippen LogP contribution < -0.4 is 10.2 Å². The molecule has 1 aliphatic rings. The molecular weight excluding hydrogens is 244 g/mol. The molecule has 1 aliphatic heterocycles. The van der Waals surface area contributed by atoms with E-state index in [9.17, 15) is 0 Å². The summed E-state index contributed by atoms with van der Waals surface area (Å²) < 4.78 is 0. The van der Waals surface area contributed by atoms with Gasteiger partial charge in [0.2, 0.25) is 0 Å². The molecule has 0 aliphatic carbocycles. The van der Waals surface area contributed by atoms with Gasteiger partial charge in [-0.3, -0.25) is 0 Å². The molecule has 2 heteroatoms. The molecule has 1 fully saturated rings. The van der Waals surface area contributed by atoms with Crippen LogP contribution in [0.3, 0.4) is 0 Å². The lowest BCUT2D eigenvalue weighted by atomic mass is 9.91. The molecule has 1 saturated heterocycles. The van der Waals surface area contributed by atoms with E-state index in [-0.39, 0.29) is 0 Å². The number of rotatable bonds is 5. The van der Waals surface area contributed by atoms with Crippen LogP contribution in [0.5, 0.6) is 0 Å². The van der Waals surface area contributed by atoms with Gasteiger partial charge >= 0.3 is 0 Å². The van der Waals surface area contributed by atoms with Gasteiger partial charge in [-0.15, -0.1) is 0 Å². The third-order valence-corrected chi connectivity index (χ3v) is 4.30. The molecule has 0 spiro atoms. The molecule has 1 aromatic carbocycles. The van der Waals surface area contributed by atoms with Crippen LogP contribution in [0.4, 0.5) is 5.69 Å². The third kappa shape index (κ3) is 3.99. The van der Waals surface area contributed by atoms with Crippen molar-refractivity contribution in [1.82, 2.24) is 5.32 Å². The van der Waals surface area contributed by atoms with Gasteiger partial charge in [0.15, 0.2) is 0 Å². The Bertz CT molecular complexity index is 417. The van der Waals surface area contributed by atoms with Crippen molar-refractivity contribution in [2.24, 2.45) is 11.8 Å². The van der Waals surface area contributed by atoms with Gasteiger partial charge in [0.05, 0.1) is 0 Å². The van der Waals surface area contributed by atoms with Crippen molar-refractivity contribution < 1.29 is 0 Å². The van der Waals surface area contributed by atoms with Crippen LogP contribution in [0.2, 0.25) is 0 Å². The molecule has 0 saturated carbocycles. The number of benzene rings is 1. The van der Waals surface area contributed by atoms with Crippen LogP contribution in [0.15, 0.2) is 18.2 Å². The van der Waals surface area contributed by atoms with Crippen LogP contribution in [0.25, 0.3) is 0 Å². The number of hydrogen-bond donors (Lipinski definition) is 1. The number of anilines is 1. The highest BCUT2D eigenvalue weighted by molar-refractivity contribution is 5.51. The Morgan fingerprint density at radius 3 is 2.50 bits per heavy atom. The predicted molar refractivity (Wildman–Crippen MR) is 88.3 cm³/mol. The molecule has 0 amide bonds. The van der Waals surface area contributed by atoms with Gasteiger partial charge in [-0.1, -0.05) is 26.8 Å². The first kappa shape index (κ1) is 15.4. The lowest BCUT2D eigenvalue weighted by Gasteiger charge is -2.37. The maximum atomic E-state index is 3.49. The smallest absolute Gasteiger partial charge is 0.0369 e. The SMILES string of the molecule is CCCNCc1ccc(N2CC(C)CC(C)C2)cc1C. The fraction of sp³-hybridized carbons (Fsp3) is 0.667. The molecule has 2 nitrogen and oxygen atoms in total. The number of nitrogens with one attached hydrogen (secondary N) is 1. The van der Waals surface area contributed by atoms with Crippen LogP contribution in [0.1, 0.15) is 44.7 Å². The topological polar surface area (TPSA) is 15.3 Å². The summed E-state index contributed by atoms with van der Waals surface area (Å²) in [4.78, 5) is 2.56. The molecule has 1 N–H and O–H groups in total. The Hall–Kier alpha value is -1.02. The minimum atomic E-state index is 0.810. The summed E-state index contributed by atoms with van der Waals surface area (Å²) in [5.41, 5.74) is 4.25. The van der Waals surface area contributed by atoms with E-state index in [4.69, 9.17) is 0 Å². The minimum absolute atomic E-state index is 0.810. The highest BCUT2D eigenvalue weighted by Crippen LogP contribution is 2.27. The average molecular weight is 274 g/mol. The second-order valence-corrected chi connectivity index (χ2v) is 6.64. The van der Waals surface area contributed by atoms with Crippen molar-refractivity contribution in [3.8, 4) is 0 Å². The molecule has 0 bridgehead atoms. The van der Waals surface area contributed by atoms with Gasteiger partial charge in [-0.25, -0.2) is 0 Å². The maximum Gasteiger partial charge on any atom is 0.0369 e. The Labute approximate surface area is 124 Å². The largest absolute Gasteiger partial charge is 0.371 e. The number of aryl methyl sites for hydroxylation is 1. The van der Waals surface area contributed by atoms with Crippen molar-refractivity contribution in [2.45, 2.75) is 47.1 Å². The van der Waals surface area contributed by atoms with E-state index < -0.39 is 0 Å². The zero-order valence-corrected chi connectivity index (χ0v) is 13.6. The normalized spacial score (nSPS) is 23.1. The van der Waals surface area contributed by atoms with Gasteiger partial charge in [0.1, 0.15) is 0 Å². The van der Waals surface area contributed by atoms with Crippen molar-refractivity contribution >= 4 is 5.69 Å². The Morgan fingerprint density at radius 2 is 1.90 bits per heavy atom. The van der Waals surface area contributed by atoms with Gasteiger partial charge in [0.25, 0.3) is 0 Å². The van der Waals surface area contributed by atoms with Crippen LogP contribution in [-0.4, -0.2) is 19.6 Å². The fourth-order valence-corrected chi connectivity index (χ4v) is 3.35. The zero-order valence-electron chi connectivity index (χ0n) is 13.6. The molecule has 2 atom stereocenters. The first-order valence-corrected chi connectivity index (χ1v) is 8.15. The summed E-state index contributed by atoms with van der Waals surface area (Å²) in [6.45, 7) is 13.7. The van der Waals surface area contributed by atoms with Crippen LogP contribution >= 0.6 is 0 Å². The lowest BCUT2D eigenvalue weighted by Crippen LogP contribution is -2.38. The number of piperidine rings is 1. The number of nitrogens with zero attached hydrogens (tertiary/aromatic N) is 1. The highest BCUT2D eigenvalue weighted by Gasteiger charge is 2.22. The predicted octanol–water partition coefficient (Wildman–Crippen LogP) is 3.98. The maximum absolute atomic E-state index is 3.49. The van der Waals surface area contributed by atoms with E-state index in [2.05, 4.69) is 56.1 Å². The zero-order chi connectivity index (χ0) is 14.5. The van der Waals surface area contributed by atoms with Gasteiger partial charge in [-0.05, 0) is 61.4 Å². The van der Waals surface area contributed by atoms with Gasteiger partial charge in [-0.2, -0.15) is 0 Å². The van der Waals surface area contributed by atoms with Crippen LogP contribution in [-0.2, 0) is 6.54 Å². The Morgan fingerprint density at radius 1 is 1.20 bits per heavy atom. The van der Waals surface area contributed by atoms with Gasteiger partial charge < -0.3 is 10.2 Å². The average Bonchev–Trinajstić information content (AvgIpc) is 2.39. The molecule has 112 valence electrons. The van der Waals surface area contributed by atoms with Gasteiger partial charge in [0, 0.05) is 25.3 Å². The quantitative estimate of drug-likeness (QED) is 0.817. The fourth-order valence-electron chi connectivity index (χ4n) is 3.35. The summed E-state index contributed by atoms with van der Waals surface area (Å²) in [6, 6.07) is 6.98. The Kier molecular flexibility index (Phi) is 5.47. The molecule has 2 rings (SSSR count). The third-order valence-electron chi connectivity index (χ3n) is 4.30.